The first kappa shape index (κ1) is 21.7. The zero-order valence-corrected chi connectivity index (χ0v) is 18.2. The van der Waals surface area contributed by atoms with Gasteiger partial charge in [-0.25, -0.2) is 4.79 Å². The summed E-state index contributed by atoms with van der Waals surface area (Å²) in [7, 11) is 1.55. The van der Waals surface area contributed by atoms with Crippen molar-refractivity contribution in [3.05, 3.63) is 23.5 Å². The second kappa shape index (κ2) is 8.78. The molecule has 1 amide bonds. The highest BCUT2D eigenvalue weighted by atomic mass is 35.5. The molecule has 11 heteroatoms. The average Bonchev–Trinajstić information content (AvgIpc) is 2.68. The molecule has 3 rings (SSSR count). The summed E-state index contributed by atoms with van der Waals surface area (Å²) in [6.07, 6.45) is -0.324. The number of nitrogens with one attached hydrogen (secondary N) is 1. The molecule has 1 saturated heterocycles. The summed E-state index contributed by atoms with van der Waals surface area (Å²) in [5.74, 6) is 1.27. The minimum absolute atomic E-state index is 0.0690. The monoisotopic (exact) mass is 435 g/mol. The van der Waals surface area contributed by atoms with E-state index in [-0.39, 0.29) is 11.4 Å². The molecule has 0 saturated carbocycles. The lowest BCUT2D eigenvalue weighted by Gasteiger charge is -2.35. The van der Waals surface area contributed by atoms with Gasteiger partial charge in [-0.1, -0.05) is 0 Å². The maximum Gasteiger partial charge on any atom is 0.410 e. The van der Waals surface area contributed by atoms with E-state index in [1.165, 1.54) is 0 Å². The van der Waals surface area contributed by atoms with Crippen LogP contribution in [0.15, 0.2) is 18.2 Å². The minimum atomic E-state index is -0.526. The summed E-state index contributed by atoms with van der Waals surface area (Å²) >= 11 is 6.11. The maximum atomic E-state index is 12.2. The molecule has 1 aliphatic rings. The number of nitrogen functional groups attached to an aromatic ring is 1. The Bertz CT molecular complexity index is 911. The van der Waals surface area contributed by atoms with Crippen LogP contribution in [0.1, 0.15) is 20.8 Å². The number of carbonyl (C=O) groups is 1. The van der Waals surface area contributed by atoms with Gasteiger partial charge >= 0.3 is 6.09 Å². The molecule has 2 heterocycles. The van der Waals surface area contributed by atoms with Gasteiger partial charge in [0.1, 0.15) is 11.4 Å². The first-order chi connectivity index (χ1) is 14.1. The van der Waals surface area contributed by atoms with Crippen LogP contribution in [0, 0.1) is 0 Å². The largest absolute Gasteiger partial charge is 0.495 e. The number of anilines is 4. The van der Waals surface area contributed by atoms with Crippen molar-refractivity contribution >= 4 is 41.0 Å². The molecular formula is C19H26ClN7O3. The van der Waals surface area contributed by atoms with Crippen LogP contribution in [0.5, 0.6) is 5.75 Å². The standard InChI is InChI=1S/C19H26ClN7O3/c1-19(2,3)30-18(28)27-9-7-26(8-10-27)17-24-15(20)23-16(25-17)22-12-5-6-13(21)14(11-12)29-4/h5-6,11H,7-10,21H2,1-4H3,(H,22,23,24,25). The van der Waals surface area contributed by atoms with Gasteiger partial charge in [-0.2, -0.15) is 15.0 Å². The van der Waals surface area contributed by atoms with E-state index in [1.54, 1.807) is 30.2 Å². The normalized spacial score (nSPS) is 14.4. The van der Waals surface area contributed by atoms with Gasteiger partial charge in [-0.15, -0.1) is 0 Å². The van der Waals surface area contributed by atoms with Crippen LogP contribution in [0.4, 0.5) is 28.1 Å². The SMILES string of the molecule is COc1cc(Nc2nc(Cl)nc(N3CCN(C(=O)OC(C)(C)C)CC3)n2)ccc1N. The number of piperazine rings is 1. The van der Waals surface area contributed by atoms with E-state index in [9.17, 15) is 4.79 Å². The molecule has 3 N–H and O–H groups in total. The number of benzene rings is 1. The second-order valence-electron chi connectivity index (χ2n) is 7.76. The van der Waals surface area contributed by atoms with Crippen LogP contribution in [-0.2, 0) is 4.74 Å². The first-order valence-electron chi connectivity index (χ1n) is 9.49. The number of nitrogens with two attached hydrogens (primary N) is 1. The molecule has 1 aromatic carbocycles. The van der Waals surface area contributed by atoms with Crippen molar-refractivity contribution in [3.63, 3.8) is 0 Å². The Morgan fingerprint density at radius 1 is 1.17 bits per heavy atom. The third-order valence-electron chi connectivity index (χ3n) is 4.30. The Morgan fingerprint density at radius 3 is 2.50 bits per heavy atom. The number of ether oxygens (including phenoxy) is 2. The lowest BCUT2D eigenvalue weighted by atomic mass is 10.2. The van der Waals surface area contributed by atoms with E-state index in [2.05, 4.69) is 20.3 Å². The number of carbonyl (C=O) groups excluding carboxylic acids is 1. The first-order valence-corrected chi connectivity index (χ1v) is 9.87. The maximum absolute atomic E-state index is 12.2. The Morgan fingerprint density at radius 2 is 1.87 bits per heavy atom. The van der Waals surface area contributed by atoms with E-state index in [0.717, 1.165) is 0 Å². The highest BCUT2D eigenvalue weighted by Gasteiger charge is 2.27. The Balaban J connectivity index is 1.68. The van der Waals surface area contributed by atoms with Crippen molar-refractivity contribution in [2.45, 2.75) is 26.4 Å². The highest BCUT2D eigenvalue weighted by Crippen LogP contribution is 2.27. The third-order valence-corrected chi connectivity index (χ3v) is 4.47. The van der Waals surface area contributed by atoms with Crippen molar-refractivity contribution in [2.75, 3.05) is 49.2 Å². The summed E-state index contributed by atoms with van der Waals surface area (Å²) in [6.45, 7) is 7.63. The Labute approximate surface area is 180 Å². The summed E-state index contributed by atoms with van der Waals surface area (Å²) in [4.78, 5) is 28.7. The molecule has 1 aliphatic heterocycles. The molecule has 2 aromatic rings. The van der Waals surface area contributed by atoms with Crippen LogP contribution in [0.3, 0.4) is 0 Å². The molecule has 0 radical (unpaired) electrons. The van der Waals surface area contributed by atoms with Gasteiger partial charge in [-0.05, 0) is 44.5 Å². The predicted molar refractivity (Wildman–Crippen MR) is 116 cm³/mol. The van der Waals surface area contributed by atoms with E-state index < -0.39 is 5.60 Å². The number of aromatic nitrogens is 3. The molecular weight excluding hydrogens is 410 g/mol. The third kappa shape index (κ3) is 5.53. The van der Waals surface area contributed by atoms with Crippen LogP contribution in [0.25, 0.3) is 0 Å². The Hall–Kier alpha value is -3.01. The van der Waals surface area contributed by atoms with Gasteiger partial charge in [0.15, 0.2) is 0 Å². The van der Waals surface area contributed by atoms with Crippen molar-refractivity contribution in [1.82, 2.24) is 19.9 Å². The number of hydrogen-bond acceptors (Lipinski definition) is 9. The van der Waals surface area contributed by atoms with Crippen molar-refractivity contribution in [1.29, 1.82) is 0 Å². The summed E-state index contributed by atoms with van der Waals surface area (Å²) in [5.41, 5.74) is 6.55. The molecule has 0 atom stereocenters. The van der Waals surface area contributed by atoms with Crippen LogP contribution >= 0.6 is 11.6 Å². The fourth-order valence-corrected chi connectivity index (χ4v) is 3.03. The van der Waals surface area contributed by atoms with Crippen molar-refractivity contribution in [2.24, 2.45) is 0 Å². The molecule has 30 heavy (non-hydrogen) atoms. The summed E-state index contributed by atoms with van der Waals surface area (Å²) in [5, 5.41) is 3.15. The van der Waals surface area contributed by atoms with Crippen LogP contribution in [-0.4, -0.2) is 64.8 Å². The number of rotatable bonds is 4. The summed E-state index contributed by atoms with van der Waals surface area (Å²) in [6, 6.07) is 5.25. The Kier molecular flexibility index (Phi) is 6.35. The predicted octanol–water partition coefficient (Wildman–Crippen LogP) is 2.92. The lowest BCUT2D eigenvalue weighted by Crippen LogP contribution is -2.50. The zero-order chi connectivity index (χ0) is 21.9. The zero-order valence-electron chi connectivity index (χ0n) is 17.5. The molecule has 1 fully saturated rings. The quantitative estimate of drug-likeness (QED) is 0.698. The minimum Gasteiger partial charge on any atom is -0.495 e. The molecule has 0 unspecified atom stereocenters. The lowest BCUT2D eigenvalue weighted by molar-refractivity contribution is 0.0240. The van der Waals surface area contributed by atoms with E-state index in [4.69, 9.17) is 26.8 Å². The number of halogens is 1. The van der Waals surface area contributed by atoms with E-state index in [1.807, 2.05) is 25.7 Å². The van der Waals surface area contributed by atoms with Gasteiger partial charge in [0.2, 0.25) is 17.2 Å². The van der Waals surface area contributed by atoms with Gasteiger partial charge in [0.25, 0.3) is 0 Å². The smallest absolute Gasteiger partial charge is 0.410 e. The second-order valence-corrected chi connectivity index (χ2v) is 8.10. The van der Waals surface area contributed by atoms with Gasteiger partial charge in [0, 0.05) is 37.9 Å². The molecule has 0 bridgehead atoms. The van der Waals surface area contributed by atoms with Crippen LogP contribution in [0.2, 0.25) is 5.28 Å². The fraction of sp³-hybridized carbons (Fsp3) is 0.474. The van der Waals surface area contributed by atoms with Gasteiger partial charge < -0.3 is 30.3 Å². The average molecular weight is 436 g/mol. The molecule has 0 aliphatic carbocycles. The van der Waals surface area contributed by atoms with Crippen molar-refractivity contribution < 1.29 is 14.3 Å². The van der Waals surface area contributed by atoms with Gasteiger partial charge in [0.05, 0.1) is 12.8 Å². The number of methoxy groups -OCH3 is 1. The highest BCUT2D eigenvalue weighted by molar-refractivity contribution is 6.28. The molecule has 10 nitrogen and oxygen atoms in total. The molecule has 1 aromatic heterocycles. The fourth-order valence-electron chi connectivity index (χ4n) is 2.87. The van der Waals surface area contributed by atoms with E-state index in [0.29, 0.717) is 55.2 Å². The molecule has 0 spiro atoms. The number of nitrogens with zero attached hydrogens (tertiary/aromatic N) is 5. The number of amides is 1. The van der Waals surface area contributed by atoms with Crippen molar-refractivity contribution in [3.8, 4) is 5.75 Å². The van der Waals surface area contributed by atoms with E-state index >= 15 is 0 Å². The van der Waals surface area contributed by atoms with Gasteiger partial charge in [-0.3, -0.25) is 0 Å². The van der Waals surface area contributed by atoms with Crippen LogP contribution < -0.4 is 20.7 Å². The topological polar surface area (TPSA) is 119 Å². The molecule has 162 valence electrons. The summed E-state index contributed by atoms with van der Waals surface area (Å²) < 4.78 is 10.7. The number of hydrogen-bond donors (Lipinski definition) is 2.